The SMILES string of the molecule is CC(C)CN(CC(C)C)c1ccc(CO)cc1Br. The summed E-state index contributed by atoms with van der Waals surface area (Å²) in [5, 5.41) is 9.15. The summed E-state index contributed by atoms with van der Waals surface area (Å²) >= 11 is 3.62. The van der Waals surface area contributed by atoms with Gasteiger partial charge in [0, 0.05) is 17.6 Å². The Morgan fingerprint density at radius 2 is 1.67 bits per heavy atom. The molecule has 0 atom stereocenters. The maximum absolute atomic E-state index is 9.15. The monoisotopic (exact) mass is 313 g/mol. The summed E-state index contributed by atoms with van der Waals surface area (Å²) < 4.78 is 1.07. The lowest BCUT2D eigenvalue weighted by molar-refractivity contribution is 0.282. The molecule has 1 aromatic rings. The highest BCUT2D eigenvalue weighted by Gasteiger charge is 2.13. The van der Waals surface area contributed by atoms with Crippen LogP contribution >= 0.6 is 15.9 Å². The van der Waals surface area contributed by atoms with Gasteiger partial charge in [-0.25, -0.2) is 0 Å². The average Bonchev–Trinajstić information content (AvgIpc) is 2.26. The predicted molar refractivity (Wildman–Crippen MR) is 82.0 cm³/mol. The highest BCUT2D eigenvalue weighted by atomic mass is 79.9. The van der Waals surface area contributed by atoms with Crippen molar-refractivity contribution in [2.75, 3.05) is 18.0 Å². The molecule has 0 aliphatic rings. The molecular weight excluding hydrogens is 290 g/mol. The van der Waals surface area contributed by atoms with Crippen LogP contribution in [0.15, 0.2) is 22.7 Å². The number of rotatable bonds is 6. The van der Waals surface area contributed by atoms with Gasteiger partial charge in [-0.3, -0.25) is 0 Å². The van der Waals surface area contributed by atoms with Crippen LogP contribution in [0.3, 0.4) is 0 Å². The topological polar surface area (TPSA) is 23.5 Å². The molecule has 1 rings (SSSR count). The van der Waals surface area contributed by atoms with Crippen molar-refractivity contribution in [2.24, 2.45) is 11.8 Å². The first-order chi connectivity index (χ1) is 8.43. The highest BCUT2D eigenvalue weighted by Crippen LogP contribution is 2.28. The second kappa shape index (κ2) is 7.15. The molecule has 0 saturated heterocycles. The average molecular weight is 314 g/mol. The number of aliphatic hydroxyl groups is 1. The zero-order valence-corrected chi connectivity index (χ0v) is 13.4. The molecule has 0 aliphatic heterocycles. The molecule has 0 bridgehead atoms. The van der Waals surface area contributed by atoms with E-state index in [1.807, 2.05) is 12.1 Å². The van der Waals surface area contributed by atoms with Gasteiger partial charge >= 0.3 is 0 Å². The van der Waals surface area contributed by atoms with E-state index < -0.39 is 0 Å². The van der Waals surface area contributed by atoms with Crippen LogP contribution < -0.4 is 4.90 Å². The van der Waals surface area contributed by atoms with Crippen molar-refractivity contribution in [1.82, 2.24) is 0 Å². The van der Waals surface area contributed by atoms with Crippen LogP contribution in [0.1, 0.15) is 33.3 Å². The number of hydrogen-bond donors (Lipinski definition) is 1. The molecule has 0 heterocycles. The molecule has 102 valence electrons. The fraction of sp³-hybridized carbons (Fsp3) is 0.600. The van der Waals surface area contributed by atoms with Crippen LogP contribution in [0.25, 0.3) is 0 Å². The molecule has 0 amide bonds. The Bertz CT molecular complexity index is 367. The largest absolute Gasteiger partial charge is 0.392 e. The normalized spacial score (nSPS) is 11.3. The van der Waals surface area contributed by atoms with Gasteiger partial charge in [-0.2, -0.15) is 0 Å². The van der Waals surface area contributed by atoms with Crippen molar-refractivity contribution >= 4 is 21.6 Å². The Morgan fingerprint density at radius 3 is 2.06 bits per heavy atom. The van der Waals surface area contributed by atoms with E-state index in [2.05, 4.69) is 54.6 Å². The van der Waals surface area contributed by atoms with E-state index in [1.165, 1.54) is 5.69 Å². The molecule has 18 heavy (non-hydrogen) atoms. The fourth-order valence-corrected chi connectivity index (χ4v) is 2.73. The Labute approximate surface area is 119 Å². The van der Waals surface area contributed by atoms with Gasteiger partial charge in [0.2, 0.25) is 0 Å². The molecule has 0 spiro atoms. The van der Waals surface area contributed by atoms with E-state index in [9.17, 15) is 0 Å². The van der Waals surface area contributed by atoms with Crippen molar-refractivity contribution in [3.8, 4) is 0 Å². The Morgan fingerprint density at radius 1 is 1.11 bits per heavy atom. The molecule has 2 nitrogen and oxygen atoms in total. The molecular formula is C15H24BrNO. The number of anilines is 1. The first-order valence-corrected chi connectivity index (χ1v) is 7.37. The second-order valence-electron chi connectivity index (χ2n) is 5.64. The standard InChI is InChI=1S/C15H24BrNO/c1-11(2)8-17(9-12(3)4)15-6-5-13(10-18)7-14(15)16/h5-7,11-12,18H,8-10H2,1-4H3. The Kier molecular flexibility index (Phi) is 6.16. The summed E-state index contributed by atoms with van der Waals surface area (Å²) in [4.78, 5) is 2.42. The van der Waals surface area contributed by atoms with Gasteiger partial charge < -0.3 is 10.0 Å². The number of benzene rings is 1. The minimum atomic E-state index is 0.0905. The van der Waals surface area contributed by atoms with Crippen molar-refractivity contribution < 1.29 is 5.11 Å². The number of halogens is 1. The van der Waals surface area contributed by atoms with E-state index in [0.29, 0.717) is 11.8 Å². The number of nitrogens with zero attached hydrogens (tertiary/aromatic N) is 1. The lowest BCUT2D eigenvalue weighted by atomic mass is 10.1. The van der Waals surface area contributed by atoms with Crippen LogP contribution in [0.2, 0.25) is 0 Å². The zero-order chi connectivity index (χ0) is 13.7. The summed E-state index contributed by atoms with van der Waals surface area (Å²) in [6, 6.07) is 6.09. The summed E-state index contributed by atoms with van der Waals surface area (Å²) in [6.07, 6.45) is 0. The molecule has 0 aromatic heterocycles. The number of hydrogen-bond acceptors (Lipinski definition) is 2. The summed E-state index contributed by atoms with van der Waals surface area (Å²) in [7, 11) is 0. The summed E-state index contributed by atoms with van der Waals surface area (Å²) in [6.45, 7) is 11.1. The molecule has 1 aromatic carbocycles. The van der Waals surface area contributed by atoms with E-state index >= 15 is 0 Å². The third-order valence-corrected chi connectivity index (χ3v) is 3.34. The molecule has 0 unspecified atom stereocenters. The van der Waals surface area contributed by atoms with Crippen molar-refractivity contribution in [3.05, 3.63) is 28.2 Å². The lowest BCUT2D eigenvalue weighted by Gasteiger charge is -2.29. The van der Waals surface area contributed by atoms with E-state index in [-0.39, 0.29) is 6.61 Å². The van der Waals surface area contributed by atoms with Gasteiger partial charge in [-0.05, 0) is 45.5 Å². The molecule has 1 N–H and O–H groups in total. The predicted octanol–water partition coefficient (Wildman–Crippen LogP) is 4.06. The van der Waals surface area contributed by atoms with E-state index in [0.717, 1.165) is 23.1 Å². The van der Waals surface area contributed by atoms with Crippen LogP contribution in [-0.2, 0) is 6.61 Å². The van der Waals surface area contributed by atoms with Gasteiger partial charge in [0.1, 0.15) is 0 Å². The first-order valence-electron chi connectivity index (χ1n) is 6.58. The highest BCUT2D eigenvalue weighted by molar-refractivity contribution is 9.10. The smallest absolute Gasteiger partial charge is 0.0682 e. The van der Waals surface area contributed by atoms with Crippen molar-refractivity contribution in [1.29, 1.82) is 0 Å². The zero-order valence-electron chi connectivity index (χ0n) is 11.8. The van der Waals surface area contributed by atoms with E-state index in [1.54, 1.807) is 0 Å². The first kappa shape index (κ1) is 15.5. The van der Waals surface area contributed by atoms with Crippen LogP contribution in [0.4, 0.5) is 5.69 Å². The maximum Gasteiger partial charge on any atom is 0.0682 e. The van der Waals surface area contributed by atoms with E-state index in [4.69, 9.17) is 5.11 Å². The molecule has 0 radical (unpaired) electrons. The van der Waals surface area contributed by atoms with Crippen LogP contribution in [0.5, 0.6) is 0 Å². The van der Waals surface area contributed by atoms with Gasteiger partial charge in [-0.15, -0.1) is 0 Å². The molecule has 0 fully saturated rings. The second-order valence-corrected chi connectivity index (χ2v) is 6.49. The van der Waals surface area contributed by atoms with Gasteiger partial charge in [0.25, 0.3) is 0 Å². The fourth-order valence-electron chi connectivity index (χ4n) is 2.06. The Balaban J connectivity index is 2.96. The molecule has 3 heteroatoms. The third kappa shape index (κ3) is 4.62. The van der Waals surface area contributed by atoms with Crippen molar-refractivity contribution in [3.63, 3.8) is 0 Å². The molecule has 0 aliphatic carbocycles. The third-order valence-electron chi connectivity index (χ3n) is 2.71. The number of aliphatic hydroxyl groups excluding tert-OH is 1. The summed E-state index contributed by atoms with van der Waals surface area (Å²) in [5.74, 6) is 1.27. The van der Waals surface area contributed by atoms with Gasteiger partial charge in [0.05, 0.1) is 12.3 Å². The van der Waals surface area contributed by atoms with Crippen molar-refractivity contribution in [2.45, 2.75) is 34.3 Å². The van der Waals surface area contributed by atoms with Crippen LogP contribution in [0, 0.1) is 11.8 Å². The molecule has 0 saturated carbocycles. The minimum absolute atomic E-state index is 0.0905. The lowest BCUT2D eigenvalue weighted by Crippen LogP contribution is -2.31. The van der Waals surface area contributed by atoms with Crippen LogP contribution in [-0.4, -0.2) is 18.2 Å². The van der Waals surface area contributed by atoms with Gasteiger partial charge in [-0.1, -0.05) is 33.8 Å². The Hall–Kier alpha value is -0.540. The quantitative estimate of drug-likeness (QED) is 0.856. The minimum Gasteiger partial charge on any atom is -0.392 e. The summed E-state index contributed by atoms with van der Waals surface area (Å²) in [5.41, 5.74) is 2.16. The maximum atomic E-state index is 9.15. The van der Waals surface area contributed by atoms with Gasteiger partial charge in [0.15, 0.2) is 0 Å².